The fraction of sp³-hybridized carbons (Fsp3) is 0.381. The summed E-state index contributed by atoms with van der Waals surface area (Å²) in [4.78, 5) is 32.8. The lowest BCUT2D eigenvalue weighted by atomic mass is 10.1. The first-order valence-electron chi connectivity index (χ1n) is 9.70. The Bertz CT molecular complexity index is 1050. The molecular formula is C21H24N4O3. The van der Waals surface area contributed by atoms with Gasteiger partial charge in [-0.25, -0.2) is 9.78 Å². The van der Waals surface area contributed by atoms with Crippen molar-refractivity contribution in [1.29, 1.82) is 0 Å². The summed E-state index contributed by atoms with van der Waals surface area (Å²) in [6.07, 6.45) is 7.54. The summed E-state index contributed by atoms with van der Waals surface area (Å²) >= 11 is 0. The van der Waals surface area contributed by atoms with Crippen LogP contribution in [0.1, 0.15) is 42.2 Å². The predicted molar refractivity (Wildman–Crippen MR) is 107 cm³/mol. The topological polar surface area (TPSA) is 90.7 Å². The van der Waals surface area contributed by atoms with Crippen molar-refractivity contribution in [3.8, 4) is 11.3 Å². The van der Waals surface area contributed by atoms with Gasteiger partial charge in [-0.3, -0.25) is 4.79 Å². The third kappa shape index (κ3) is 3.57. The van der Waals surface area contributed by atoms with Crippen molar-refractivity contribution in [2.45, 2.75) is 38.6 Å². The van der Waals surface area contributed by atoms with Gasteiger partial charge in [-0.1, -0.05) is 0 Å². The smallest absolute Gasteiger partial charge is 0.337 e. The number of fused-ring (bicyclic) bond motifs is 1. The number of hydrogen-bond acceptors (Lipinski definition) is 4. The Morgan fingerprint density at radius 1 is 1.32 bits per heavy atom. The van der Waals surface area contributed by atoms with Crippen LogP contribution in [0.4, 0.5) is 0 Å². The number of carboxylic acid groups (broad SMARTS) is 1. The van der Waals surface area contributed by atoms with Gasteiger partial charge in [-0.05, 0) is 63.9 Å². The first-order valence-corrected chi connectivity index (χ1v) is 9.70. The SMILES string of the molecule is CC1CCCN1CCCc1c(-c2ccc(=O)[nH]c2)nc2ccc(C(=O)O)cn12. The number of H-pyrrole nitrogens is 1. The number of nitrogens with zero attached hydrogens (tertiary/aromatic N) is 3. The highest BCUT2D eigenvalue weighted by atomic mass is 16.4. The molecule has 0 amide bonds. The number of pyridine rings is 2. The molecular weight excluding hydrogens is 356 g/mol. The van der Waals surface area contributed by atoms with Crippen molar-refractivity contribution in [3.05, 3.63) is 58.3 Å². The molecule has 1 atom stereocenters. The van der Waals surface area contributed by atoms with E-state index in [4.69, 9.17) is 4.98 Å². The molecule has 3 aromatic rings. The minimum atomic E-state index is -0.960. The van der Waals surface area contributed by atoms with Crippen molar-refractivity contribution >= 4 is 11.6 Å². The summed E-state index contributed by atoms with van der Waals surface area (Å²) in [5, 5.41) is 9.36. The number of carboxylic acids is 1. The second kappa shape index (κ2) is 7.59. The Hall–Kier alpha value is -2.93. The van der Waals surface area contributed by atoms with Crippen LogP contribution in [-0.4, -0.2) is 49.5 Å². The second-order valence-corrected chi connectivity index (χ2v) is 7.43. The standard InChI is InChI=1S/C21H24N4O3/c1-14-4-2-10-24(14)11-3-5-17-20(15-7-9-19(26)22-12-15)23-18-8-6-16(21(27)28)13-25(17)18/h6-9,12-14H,2-5,10-11H2,1H3,(H,22,26)(H,27,28). The molecule has 1 saturated heterocycles. The molecule has 1 aliphatic heterocycles. The van der Waals surface area contributed by atoms with Crippen LogP contribution in [0.15, 0.2) is 41.5 Å². The van der Waals surface area contributed by atoms with E-state index in [1.165, 1.54) is 18.9 Å². The van der Waals surface area contributed by atoms with Gasteiger partial charge in [0.25, 0.3) is 0 Å². The van der Waals surface area contributed by atoms with Gasteiger partial charge in [0.05, 0.1) is 17.0 Å². The molecule has 3 aromatic heterocycles. The average molecular weight is 380 g/mol. The molecule has 4 heterocycles. The van der Waals surface area contributed by atoms with E-state index in [2.05, 4.69) is 16.8 Å². The summed E-state index contributed by atoms with van der Waals surface area (Å²) in [5.41, 5.74) is 3.35. The van der Waals surface area contributed by atoms with Crippen LogP contribution in [-0.2, 0) is 6.42 Å². The van der Waals surface area contributed by atoms with E-state index in [9.17, 15) is 14.7 Å². The lowest BCUT2D eigenvalue weighted by Gasteiger charge is -2.20. The maximum atomic E-state index is 11.4. The molecule has 2 N–H and O–H groups in total. The maximum absolute atomic E-state index is 11.4. The molecule has 7 nitrogen and oxygen atoms in total. The van der Waals surface area contributed by atoms with Crippen LogP contribution < -0.4 is 5.56 Å². The third-order valence-corrected chi connectivity index (χ3v) is 5.57. The number of aromatic nitrogens is 3. The van der Waals surface area contributed by atoms with Gasteiger partial charge >= 0.3 is 5.97 Å². The summed E-state index contributed by atoms with van der Waals surface area (Å²) in [7, 11) is 0. The van der Waals surface area contributed by atoms with Gasteiger partial charge in [0.1, 0.15) is 5.65 Å². The summed E-state index contributed by atoms with van der Waals surface area (Å²) in [5.74, 6) is -0.960. The monoisotopic (exact) mass is 380 g/mol. The van der Waals surface area contributed by atoms with Gasteiger partial charge in [0.15, 0.2) is 0 Å². The molecule has 0 bridgehead atoms. The van der Waals surface area contributed by atoms with E-state index in [-0.39, 0.29) is 11.1 Å². The number of carbonyl (C=O) groups is 1. The third-order valence-electron chi connectivity index (χ3n) is 5.57. The van der Waals surface area contributed by atoms with E-state index >= 15 is 0 Å². The minimum absolute atomic E-state index is 0.162. The average Bonchev–Trinajstić information content (AvgIpc) is 3.25. The fourth-order valence-electron chi connectivity index (χ4n) is 4.02. The zero-order chi connectivity index (χ0) is 19.7. The van der Waals surface area contributed by atoms with E-state index in [1.54, 1.807) is 30.6 Å². The van der Waals surface area contributed by atoms with E-state index < -0.39 is 5.97 Å². The number of imidazole rings is 1. The molecule has 7 heteroatoms. The minimum Gasteiger partial charge on any atom is -0.478 e. The van der Waals surface area contributed by atoms with Gasteiger partial charge in [0, 0.05) is 30.1 Å². The normalized spacial score (nSPS) is 17.4. The van der Waals surface area contributed by atoms with E-state index in [0.717, 1.165) is 42.9 Å². The fourth-order valence-corrected chi connectivity index (χ4v) is 4.02. The number of nitrogens with one attached hydrogen (secondary N) is 1. The van der Waals surface area contributed by atoms with Gasteiger partial charge in [-0.15, -0.1) is 0 Å². The van der Waals surface area contributed by atoms with Crippen molar-refractivity contribution < 1.29 is 9.90 Å². The molecule has 0 spiro atoms. The van der Waals surface area contributed by atoms with Crippen LogP contribution in [0, 0.1) is 0 Å². The second-order valence-electron chi connectivity index (χ2n) is 7.43. The van der Waals surface area contributed by atoms with E-state index in [0.29, 0.717) is 11.7 Å². The summed E-state index contributed by atoms with van der Waals surface area (Å²) < 4.78 is 1.87. The maximum Gasteiger partial charge on any atom is 0.337 e. The van der Waals surface area contributed by atoms with Crippen molar-refractivity contribution in [1.82, 2.24) is 19.3 Å². The largest absolute Gasteiger partial charge is 0.478 e. The highest BCUT2D eigenvalue weighted by Gasteiger charge is 2.21. The van der Waals surface area contributed by atoms with Gasteiger partial charge in [0.2, 0.25) is 5.56 Å². The summed E-state index contributed by atoms with van der Waals surface area (Å²) in [6, 6.07) is 7.16. The Balaban J connectivity index is 1.70. The Labute approximate surface area is 162 Å². The lowest BCUT2D eigenvalue weighted by molar-refractivity contribution is 0.0696. The van der Waals surface area contributed by atoms with Crippen molar-refractivity contribution in [2.75, 3.05) is 13.1 Å². The highest BCUT2D eigenvalue weighted by Crippen LogP contribution is 2.26. The predicted octanol–water partition coefficient (Wildman–Crippen LogP) is 2.80. The van der Waals surface area contributed by atoms with Crippen LogP contribution in [0.2, 0.25) is 0 Å². The summed E-state index contributed by atoms with van der Waals surface area (Å²) in [6.45, 7) is 4.43. The van der Waals surface area contributed by atoms with Crippen molar-refractivity contribution in [3.63, 3.8) is 0 Å². The lowest BCUT2D eigenvalue weighted by Crippen LogP contribution is -2.28. The van der Waals surface area contributed by atoms with Crippen LogP contribution in [0.3, 0.4) is 0 Å². The molecule has 146 valence electrons. The first-order chi connectivity index (χ1) is 13.5. The van der Waals surface area contributed by atoms with Gasteiger partial charge in [-0.2, -0.15) is 0 Å². The van der Waals surface area contributed by atoms with Crippen LogP contribution in [0.5, 0.6) is 0 Å². The number of hydrogen-bond donors (Lipinski definition) is 2. The molecule has 0 aliphatic carbocycles. The molecule has 28 heavy (non-hydrogen) atoms. The number of likely N-dealkylation sites (tertiary alicyclic amines) is 1. The van der Waals surface area contributed by atoms with E-state index in [1.807, 2.05) is 4.40 Å². The molecule has 1 aliphatic rings. The Morgan fingerprint density at radius 2 is 2.18 bits per heavy atom. The van der Waals surface area contributed by atoms with Gasteiger partial charge < -0.3 is 19.4 Å². The molecule has 1 unspecified atom stereocenters. The Morgan fingerprint density at radius 3 is 2.86 bits per heavy atom. The first kappa shape index (κ1) is 18.4. The zero-order valence-corrected chi connectivity index (χ0v) is 15.9. The number of aromatic carboxylic acids is 1. The van der Waals surface area contributed by atoms with Crippen LogP contribution >= 0.6 is 0 Å². The molecule has 4 rings (SSSR count). The molecule has 0 aromatic carbocycles. The molecule has 0 radical (unpaired) electrons. The zero-order valence-electron chi connectivity index (χ0n) is 15.9. The van der Waals surface area contributed by atoms with Crippen molar-refractivity contribution in [2.24, 2.45) is 0 Å². The number of aromatic amines is 1. The molecule has 0 saturated carbocycles. The van der Waals surface area contributed by atoms with Crippen LogP contribution in [0.25, 0.3) is 16.9 Å². The Kier molecular flexibility index (Phi) is 5.00. The highest BCUT2D eigenvalue weighted by molar-refractivity contribution is 5.87. The molecule has 1 fully saturated rings. The quantitative estimate of drug-likeness (QED) is 0.686. The number of rotatable bonds is 6. The number of aryl methyl sites for hydroxylation is 1.